The molecule has 142 valence electrons. The first-order chi connectivity index (χ1) is 12.0. The van der Waals surface area contributed by atoms with Crippen molar-refractivity contribution in [3.63, 3.8) is 0 Å². The summed E-state index contributed by atoms with van der Waals surface area (Å²) >= 11 is -0.729. The van der Waals surface area contributed by atoms with Crippen LogP contribution in [0.15, 0.2) is 28.7 Å². The molecule has 1 nitrogen and oxygen atoms in total. The zero-order valence-corrected chi connectivity index (χ0v) is 20.8. The molecule has 0 saturated carbocycles. The molecule has 1 aromatic rings. The summed E-state index contributed by atoms with van der Waals surface area (Å²) < 4.78 is 5.59. The summed E-state index contributed by atoms with van der Waals surface area (Å²) in [7, 11) is 0. The van der Waals surface area contributed by atoms with E-state index in [0.29, 0.717) is 5.78 Å². The zero-order chi connectivity index (χ0) is 18.7. The van der Waals surface area contributed by atoms with Crippen LogP contribution in [0, 0.1) is 0 Å². The van der Waals surface area contributed by atoms with E-state index in [1.807, 2.05) is 17.5 Å². The summed E-state index contributed by atoms with van der Waals surface area (Å²) in [5, 5.41) is 2.03. The normalized spacial score (nSPS) is 11.6. The van der Waals surface area contributed by atoms with Gasteiger partial charge in [0, 0.05) is 0 Å². The first-order valence-corrected chi connectivity index (χ1v) is 19.2. The summed E-state index contributed by atoms with van der Waals surface area (Å²) in [5.74, 6) is 0.320. The standard InChI is InChI=1S/C10H11OS.3C4H9.Sn/c1-7(2)8(3)10(11)9-5-4-6-12-9;3*1-3-4-2;/h4-6H,3H2,1-2H3;3*1,3-4H2,2H3;. The van der Waals surface area contributed by atoms with E-state index < -0.39 is 18.4 Å². The molecule has 0 aliphatic heterocycles. The Morgan fingerprint density at radius 2 is 1.48 bits per heavy atom. The van der Waals surface area contributed by atoms with Crippen molar-refractivity contribution < 1.29 is 4.79 Å². The van der Waals surface area contributed by atoms with Gasteiger partial charge in [0.15, 0.2) is 0 Å². The fraction of sp³-hybridized carbons (Fsp3) is 0.682. The zero-order valence-electron chi connectivity index (χ0n) is 17.1. The first kappa shape index (κ1) is 22.9. The molecule has 0 aliphatic carbocycles. The van der Waals surface area contributed by atoms with Gasteiger partial charge >= 0.3 is 165 Å². The van der Waals surface area contributed by atoms with Crippen molar-refractivity contribution in [2.75, 3.05) is 0 Å². The molecule has 0 aliphatic rings. The molecule has 1 heterocycles. The van der Waals surface area contributed by atoms with Gasteiger partial charge in [0.25, 0.3) is 0 Å². The Labute approximate surface area is 164 Å². The van der Waals surface area contributed by atoms with Crippen LogP contribution in [0.2, 0.25) is 17.7 Å². The summed E-state index contributed by atoms with van der Waals surface area (Å²) in [6.45, 7) is 11.2. The van der Waals surface area contributed by atoms with Crippen molar-refractivity contribution in [2.24, 2.45) is 0 Å². The first-order valence-electron chi connectivity index (χ1n) is 10.2. The van der Waals surface area contributed by atoms with Crippen LogP contribution in [0.5, 0.6) is 0 Å². The Hall–Kier alpha value is -0.0913. The molecule has 0 amide bonds. The SMILES string of the molecule is CCC[CH2][Sn]([CH2]CCC)([CH2]CCC)[CH2]C(C(=O)c1cccs1)=C(C)C. The molecule has 0 unspecified atom stereocenters. The second kappa shape index (κ2) is 12.3. The third-order valence-corrected chi connectivity index (χ3v) is 21.5. The molecule has 1 aromatic heterocycles. The van der Waals surface area contributed by atoms with Gasteiger partial charge in [-0.1, -0.05) is 0 Å². The molecule has 3 heteroatoms. The second-order valence-corrected chi connectivity index (χ2v) is 22.6. The van der Waals surface area contributed by atoms with Crippen molar-refractivity contribution in [2.45, 2.75) is 90.9 Å². The number of ketones is 1. The van der Waals surface area contributed by atoms with Crippen LogP contribution >= 0.6 is 11.3 Å². The molecule has 25 heavy (non-hydrogen) atoms. The number of rotatable bonds is 13. The van der Waals surface area contributed by atoms with E-state index in [1.54, 1.807) is 11.3 Å². The number of Topliss-reactive ketones (excluding diaryl/α,β-unsaturated/α-hetero) is 1. The van der Waals surface area contributed by atoms with Crippen LogP contribution in [-0.2, 0) is 0 Å². The Balaban J connectivity index is 3.11. The molecule has 0 N–H and O–H groups in total. The average Bonchev–Trinajstić information content (AvgIpc) is 3.14. The maximum absolute atomic E-state index is 13.1. The van der Waals surface area contributed by atoms with Crippen molar-refractivity contribution in [1.29, 1.82) is 0 Å². The van der Waals surface area contributed by atoms with Gasteiger partial charge in [-0.2, -0.15) is 0 Å². The van der Waals surface area contributed by atoms with Crippen LogP contribution in [0.3, 0.4) is 0 Å². The van der Waals surface area contributed by atoms with E-state index in [1.165, 1.54) is 67.4 Å². The molecular weight excluding hydrogens is 431 g/mol. The Morgan fingerprint density at radius 3 is 1.84 bits per heavy atom. The van der Waals surface area contributed by atoms with Crippen LogP contribution in [0.25, 0.3) is 0 Å². The molecule has 0 aromatic carbocycles. The Morgan fingerprint density at radius 1 is 0.960 bits per heavy atom. The van der Waals surface area contributed by atoms with Crippen LogP contribution < -0.4 is 0 Å². The average molecular weight is 469 g/mol. The molecular formula is C22H38OSSn. The fourth-order valence-electron chi connectivity index (χ4n) is 3.71. The minimum absolute atomic E-state index is 0.320. The Bertz CT molecular complexity index is 504. The topological polar surface area (TPSA) is 17.1 Å². The van der Waals surface area contributed by atoms with Crippen LogP contribution in [0.1, 0.15) is 82.8 Å². The van der Waals surface area contributed by atoms with Gasteiger partial charge in [-0.05, 0) is 0 Å². The van der Waals surface area contributed by atoms with E-state index >= 15 is 0 Å². The number of allylic oxidation sites excluding steroid dienone is 2. The van der Waals surface area contributed by atoms with Crippen LogP contribution in [-0.4, -0.2) is 24.2 Å². The predicted octanol–water partition coefficient (Wildman–Crippen LogP) is 8.12. The number of hydrogen-bond donors (Lipinski definition) is 0. The van der Waals surface area contributed by atoms with Crippen molar-refractivity contribution in [3.05, 3.63) is 33.5 Å². The predicted molar refractivity (Wildman–Crippen MR) is 117 cm³/mol. The summed E-state index contributed by atoms with van der Waals surface area (Å²) in [6.07, 6.45) is 7.98. The van der Waals surface area contributed by atoms with E-state index in [-0.39, 0.29) is 0 Å². The van der Waals surface area contributed by atoms with E-state index in [4.69, 9.17) is 0 Å². The number of carbonyl (C=O) groups excluding carboxylic acids is 1. The second-order valence-electron chi connectivity index (χ2n) is 7.77. The molecule has 0 bridgehead atoms. The van der Waals surface area contributed by atoms with Gasteiger partial charge < -0.3 is 0 Å². The summed E-state index contributed by atoms with van der Waals surface area (Å²) in [6, 6.07) is 4.00. The van der Waals surface area contributed by atoms with Crippen molar-refractivity contribution >= 4 is 35.5 Å². The maximum atomic E-state index is 13.1. The van der Waals surface area contributed by atoms with E-state index in [2.05, 4.69) is 34.6 Å². The van der Waals surface area contributed by atoms with E-state index in [0.717, 1.165) is 4.88 Å². The summed E-state index contributed by atoms with van der Waals surface area (Å²) in [5.41, 5.74) is 2.42. The summed E-state index contributed by atoms with van der Waals surface area (Å²) in [4.78, 5) is 14.1. The van der Waals surface area contributed by atoms with Gasteiger partial charge in [0.05, 0.1) is 0 Å². The monoisotopic (exact) mass is 470 g/mol. The quantitative estimate of drug-likeness (QED) is 0.162. The molecule has 0 radical (unpaired) electrons. The van der Waals surface area contributed by atoms with Crippen LogP contribution in [0.4, 0.5) is 0 Å². The van der Waals surface area contributed by atoms with Gasteiger partial charge in [-0.25, -0.2) is 0 Å². The van der Waals surface area contributed by atoms with Gasteiger partial charge in [0.1, 0.15) is 0 Å². The van der Waals surface area contributed by atoms with Crippen molar-refractivity contribution in [1.82, 2.24) is 0 Å². The molecule has 0 atom stereocenters. The van der Waals surface area contributed by atoms with Gasteiger partial charge in [0.2, 0.25) is 0 Å². The molecule has 0 fully saturated rings. The third kappa shape index (κ3) is 7.58. The van der Waals surface area contributed by atoms with Gasteiger partial charge in [-0.3, -0.25) is 0 Å². The number of unbranched alkanes of at least 4 members (excludes halogenated alkanes) is 3. The number of carbonyl (C=O) groups is 1. The van der Waals surface area contributed by atoms with E-state index in [9.17, 15) is 4.79 Å². The number of hydrogen-bond acceptors (Lipinski definition) is 2. The minimum atomic E-state index is -2.32. The van der Waals surface area contributed by atoms with Gasteiger partial charge in [-0.15, -0.1) is 0 Å². The molecule has 0 saturated heterocycles. The number of thiophene rings is 1. The molecule has 1 rings (SSSR count). The van der Waals surface area contributed by atoms with Crippen molar-refractivity contribution in [3.8, 4) is 0 Å². The fourth-order valence-corrected chi connectivity index (χ4v) is 21.1. The Kier molecular flexibility index (Phi) is 11.3. The third-order valence-electron chi connectivity index (χ3n) is 5.36. The molecule has 0 spiro atoms.